The summed E-state index contributed by atoms with van der Waals surface area (Å²) < 4.78 is 19.5. The number of nitrogens with zero attached hydrogens (tertiary/aromatic N) is 5. The minimum absolute atomic E-state index is 0.152. The van der Waals surface area contributed by atoms with E-state index >= 15 is 0 Å². The van der Waals surface area contributed by atoms with Crippen molar-refractivity contribution in [2.24, 2.45) is 11.8 Å². The average molecular weight is 628 g/mol. The van der Waals surface area contributed by atoms with Gasteiger partial charge in [0.1, 0.15) is 21.8 Å². The fourth-order valence-corrected chi connectivity index (χ4v) is 6.35. The zero-order chi connectivity index (χ0) is 30.5. The largest absolute Gasteiger partial charge is 0.494 e. The van der Waals surface area contributed by atoms with Gasteiger partial charge in [0, 0.05) is 51.2 Å². The van der Waals surface area contributed by atoms with Gasteiger partial charge in [-0.1, -0.05) is 23.7 Å². The van der Waals surface area contributed by atoms with Gasteiger partial charge in [-0.3, -0.25) is 14.0 Å². The number of carboxylic acid groups (broad SMARTS) is 1. The van der Waals surface area contributed by atoms with Gasteiger partial charge in [0.25, 0.3) is 0 Å². The van der Waals surface area contributed by atoms with Crippen LogP contribution in [0.3, 0.4) is 0 Å². The summed E-state index contributed by atoms with van der Waals surface area (Å²) in [6.07, 6.45) is 6.57. The molecule has 2 saturated heterocycles. The molecular formula is C30H38ClN7O4S. The molecule has 0 radical (unpaired) electrons. The minimum Gasteiger partial charge on any atom is -0.494 e. The molecule has 0 bridgehead atoms. The van der Waals surface area contributed by atoms with E-state index in [1.54, 1.807) is 24.7 Å². The number of carboxylic acids is 1. The molecule has 0 amide bonds. The van der Waals surface area contributed by atoms with Crippen LogP contribution in [0.4, 0.5) is 34.5 Å². The quantitative estimate of drug-likeness (QED) is 0.253. The predicted molar refractivity (Wildman–Crippen MR) is 173 cm³/mol. The molecule has 43 heavy (non-hydrogen) atoms. The first-order valence-electron chi connectivity index (χ1n) is 14.3. The molecule has 1 atom stereocenters. The van der Waals surface area contributed by atoms with Gasteiger partial charge in [-0.2, -0.15) is 4.98 Å². The van der Waals surface area contributed by atoms with E-state index in [9.17, 15) is 9.00 Å². The predicted octanol–water partition coefficient (Wildman–Crippen LogP) is 4.98. The van der Waals surface area contributed by atoms with Crippen LogP contribution in [0, 0.1) is 11.8 Å². The summed E-state index contributed by atoms with van der Waals surface area (Å²) in [6, 6.07) is 13.6. The number of methoxy groups -OCH3 is 1. The van der Waals surface area contributed by atoms with Gasteiger partial charge in [-0.15, -0.1) is 0 Å². The van der Waals surface area contributed by atoms with Crippen molar-refractivity contribution in [1.82, 2.24) is 14.9 Å². The first-order chi connectivity index (χ1) is 20.7. The Morgan fingerprint density at radius 1 is 1.14 bits per heavy atom. The summed E-state index contributed by atoms with van der Waals surface area (Å²) in [5.74, 6) is 1.99. The van der Waals surface area contributed by atoms with E-state index in [-0.39, 0.29) is 6.54 Å². The molecule has 230 valence electrons. The molecule has 2 fully saturated rings. The molecule has 1 unspecified atom stereocenters. The standard InChI is InChI=1S/C30H38ClN7O4S/c1-36(43(3)41)26-7-5-4-6-24(26)33-29-23(31)16-32-30(35-29)34-25-9-8-22(15-27(25)42-2)38-12-10-20(11-13-38)14-21-17-37(18-21)19-28(39)40/h4-9,15-16,20-21H,10-14,17-19H2,1-3H3,(H,39,40)(H2,32,33,34,35). The first kappa shape index (κ1) is 30.8. The van der Waals surface area contributed by atoms with Crippen LogP contribution in [-0.2, 0) is 15.8 Å². The second kappa shape index (κ2) is 13.8. The van der Waals surface area contributed by atoms with Crippen molar-refractivity contribution in [1.29, 1.82) is 0 Å². The van der Waals surface area contributed by atoms with Crippen molar-refractivity contribution in [2.45, 2.75) is 19.3 Å². The van der Waals surface area contributed by atoms with Crippen molar-refractivity contribution in [3.63, 3.8) is 0 Å². The Labute approximate surface area is 259 Å². The fraction of sp³-hybridized carbons (Fsp3) is 0.433. The maximum atomic E-state index is 12.1. The second-order valence-electron chi connectivity index (χ2n) is 11.1. The number of aromatic nitrogens is 2. The number of hydrogen-bond acceptors (Lipinski definition) is 9. The van der Waals surface area contributed by atoms with Crippen molar-refractivity contribution < 1.29 is 18.8 Å². The molecule has 0 spiro atoms. The Morgan fingerprint density at radius 2 is 1.88 bits per heavy atom. The maximum absolute atomic E-state index is 12.1. The van der Waals surface area contributed by atoms with E-state index < -0.39 is 17.0 Å². The van der Waals surface area contributed by atoms with Crippen molar-refractivity contribution >= 4 is 63.1 Å². The number of ether oxygens (including phenoxy) is 1. The van der Waals surface area contributed by atoms with Crippen LogP contribution < -0.4 is 24.6 Å². The Hall–Kier alpha value is -3.61. The third-order valence-corrected chi connectivity index (χ3v) is 9.34. The van der Waals surface area contributed by atoms with Crippen molar-refractivity contribution in [3.05, 3.63) is 53.7 Å². The number of nitrogens with one attached hydrogen (secondary N) is 2. The van der Waals surface area contributed by atoms with Crippen LogP contribution in [-0.4, -0.2) is 83.3 Å². The van der Waals surface area contributed by atoms with E-state index in [1.807, 2.05) is 41.3 Å². The highest BCUT2D eigenvalue weighted by Crippen LogP contribution is 2.36. The van der Waals surface area contributed by atoms with Gasteiger partial charge in [0.2, 0.25) is 5.95 Å². The smallest absolute Gasteiger partial charge is 0.317 e. The van der Waals surface area contributed by atoms with E-state index in [2.05, 4.69) is 31.6 Å². The third kappa shape index (κ3) is 7.67. The molecule has 3 aromatic rings. The highest BCUT2D eigenvalue weighted by molar-refractivity contribution is 7.85. The molecule has 2 aliphatic heterocycles. The zero-order valence-electron chi connectivity index (χ0n) is 24.6. The molecule has 3 N–H and O–H groups in total. The average Bonchev–Trinajstić information content (AvgIpc) is 2.98. The van der Waals surface area contributed by atoms with Crippen molar-refractivity contribution in [3.8, 4) is 5.75 Å². The molecule has 3 heterocycles. The third-order valence-electron chi connectivity index (χ3n) is 8.10. The number of hydrogen-bond donors (Lipinski definition) is 3. The first-order valence-corrected chi connectivity index (χ1v) is 16.2. The lowest BCUT2D eigenvalue weighted by Crippen LogP contribution is -2.49. The Kier molecular flexibility index (Phi) is 9.89. The molecule has 2 aromatic carbocycles. The lowest BCUT2D eigenvalue weighted by molar-refractivity contribution is -0.140. The summed E-state index contributed by atoms with van der Waals surface area (Å²) >= 11 is 6.44. The van der Waals surface area contributed by atoms with E-state index in [4.69, 9.17) is 21.4 Å². The number of carbonyl (C=O) groups is 1. The molecule has 5 rings (SSSR count). The Balaban J connectivity index is 1.21. The summed E-state index contributed by atoms with van der Waals surface area (Å²) in [5, 5.41) is 15.8. The fourth-order valence-electron chi connectivity index (χ4n) is 5.78. The van der Waals surface area contributed by atoms with Gasteiger partial charge < -0.3 is 25.4 Å². The van der Waals surface area contributed by atoms with E-state index in [1.165, 1.54) is 12.6 Å². The molecule has 2 aliphatic rings. The highest BCUT2D eigenvalue weighted by atomic mass is 35.5. The van der Waals surface area contributed by atoms with Gasteiger partial charge in [0.05, 0.1) is 36.9 Å². The Bertz CT molecular complexity index is 1460. The monoisotopic (exact) mass is 627 g/mol. The van der Waals surface area contributed by atoms with Gasteiger partial charge >= 0.3 is 5.97 Å². The number of para-hydroxylation sites is 2. The molecule has 1 aromatic heterocycles. The lowest BCUT2D eigenvalue weighted by atomic mass is 9.83. The van der Waals surface area contributed by atoms with Crippen LogP contribution >= 0.6 is 11.6 Å². The number of benzene rings is 2. The minimum atomic E-state index is -1.20. The van der Waals surface area contributed by atoms with E-state index in [0.717, 1.165) is 56.1 Å². The van der Waals surface area contributed by atoms with Crippen LogP contribution in [0.5, 0.6) is 5.75 Å². The number of piperidine rings is 1. The highest BCUT2D eigenvalue weighted by Gasteiger charge is 2.31. The van der Waals surface area contributed by atoms with Crippen LogP contribution in [0.25, 0.3) is 0 Å². The summed E-state index contributed by atoms with van der Waals surface area (Å²) in [7, 11) is 2.20. The maximum Gasteiger partial charge on any atom is 0.317 e. The lowest BCUT2D eigenvalue weighted by Gasteiger charge is -2.42. The van der Waals surface area contributed by atoms with Crippen molar-refractivity contribution in [2.75, 3.05) is 73.0 Å². The SMILES string of the molecule is COc1cc(N2CCC(CC3CN(CC(=O)O)C3)CC2)ccc1Nc1ncc(Cl)c(Nc2ccccc2N(C)S(C)=O)n1. The number of aliphatic carboxylic acids is 1. The number of halogens is 1. The number of rotatable bonds is 12. The molecule has 0 saturated carbocycles. The number of likely N-dealkylation sites (tertiary alicyclic amines) is 1. The summed E-state index contributed by atoms with van der Waals surface area (Å²) in [6.45, 7) is 3.91. The number of anilines is 6. The summed E-state index contributed by atoms with van der Waals surface area (Å²) in [5.41, 5.74) is 3.29. The Morgan fingerprint density at radius 3 is 2.58 bits per heavy atom. The van der Waals surface area contributed by atoms with Crippen LogP contribution in [0.2, 0.25) is 5.02 Å². The van der Waals surface area contributed by atoms with Gasteiger partial charge in [-0.05, 0) is 55.4 Å². The van der Waals surface area contributed by atoms with E-state index in [0.29, 0.717) is 40.1 Å². The van der Waals surface area contributed by atoms with Crippen LogP contribution in [0.15, 0.2) is 48.7 Å². The molecule has 11 nitrogen and oxygen atoms in total. The molecular weight excluding hydrogens is 590 g/mol. The van der Waals surface area contributed by atoms with Crippen LogP contribution in [0.1, 0.15) is 19.3 Å². The van der Waals surface area contributed by atoms with Gasteiger partial charge in [-0.25, -0.2) is 9.19 Å². The second-order valence-corrected chi connectivity index (χ2v) is 12.9. The topological polar surface area (TPSA) is 123 Å². The normalized spacial score (nSPS) is 16.8. The summed E-state index contributed by atoms with van der Waals surface area (Å²) in [4.78, 5) is 24.2. The molecule has 0 aliphatic carbocycles. The molecule has 13 heteroatoms. The van der Waals surface area contributed by atoms with Gasteiger partial charge in [0.15, 0.2) is 5.82 Å². The zero-order valence-corrected chi connectivity index (χ0v) is 26.2.